The Labute approximate surface area is 141 Å². The molecule has 24 heavy (non-hydrogen) atoms. The van der Waals surface area contributed by atoms with Crippen molar-refractivity contribution >= 4 is 11.6 Å². The zero-order valence-corrected chi connectivity index (χ0v) is 13.9. The van der Waals surface area contributed by atoms with Gasteiger partial charge in [-0.1, -0.05) is 18.2 Å². The number of benzene rings is 1. The zero-order valence-electron chi connectivity index (χ0n) is 13.9. The fourth-order valence-electron chi connectivity index (χ4n) is 2.80. The van der Waals surface area contributed by atoms with E-state index in [0.29, 0.717) is 24.4 Å². The van der Waals surface area contributed by atoms with Crippen molar-refractivity contribution in [1.29, 1.82) is 0 Å². The molecule has 1 aliphatic heterocycles. The molecule has 0 amide bonds. The Bertz CT molecular complexity index is 674. The van der Waals surface area contributed by atoms with Gasteiger partial charge in [0.05, 0.1) is 6.10 Å². The molecule has 0 spiro atoms. The molecule has 1 atom stereocenters. The number of aromatic nitrogens is 2. The normalized spacial score (nSPS) is 17.0. The molecule has 0 saturated carbocycles. The average Bonchev–Trinajstić information content (AvgIpc) is 3.08. The highest BCUT2D eigenvalue weighted by atomic mass is 19.1. The van der Waals surface area contributed by atoms with Crippen molar-refractivity contribution in [2.75, 3.05) is 30.3 Å². The number of rotatable bonds is 7. The summed E-state index contributed by atoms with van der Waals surface area (Å²) in [4.78, 5) is 8.78. The van der Waals surface area contributed by atoms with Gasteiger partial charge in [-0.25, -0.2) is 14.4 Å². The van der Waals surface area contributed by atoms with Gasteiger partial charge in [0.1, 0.15) is 23.3 Å². The van der Waals surface area contributed by atoms with Gasteiger partial charge in [0.2, 0.25) is 0 Å². The fraction of sp³-hybridized carbons (Fsp3) is 0.444. The predicted octanol–water partition coefficient (Wildman–Crippen LogP) is 3.17. The van der Waals surface area contributed by atoms with Gasteiger partial charge in [-0.2, -0.15) is 0 Å². The lowest BCUT2D eigenvalue weighted by Crippen LogP contribution is -2.19. The number of anilines is 2. The topological polar surface area (TPSA) is 59.1 Å². The summed E-state index contributed by atoms with van der Waals surface area (Å²) < 4.78 is 19.2. The third-order valence-corrected chi connectivity index (χ3v) is 4.03. The number of nitrogens with one attached hydrogen (secondary N) is 2. The van der Waals surface area contributed by atoms with Crippen LogP contribution < -0.4 is 10.6 Å². The molecule has 1 fully saturated rings. The lowest BCUT2D eigenvalue weighted by Gasteiger charge is -2.13. The second-order valence-electron chi connectivity index (χ2n) is 5.97. The monoisotopic (exact) mass is 330 g/mol. The minimum absolute atomic E-state index is 0.169. The van der Waals surface area contributed by atoms with Crippen LogP contribution in [-0.4, -0.2) is 35.8 Å². The van der Waals surface area contributed by atoms with Crippen LogP contribution in [0.3, 0.4) is 0 Å². The Morgan fingerprint density at radius 3 is 2.75 bits per heavy atom. The Hall–Kier alpha value is -2.21. The summed E-state index contributed by atoms with van der Waals surface area (Å²) in [5.74, 6) is 2.05. The molecule has 1 saturated heterocycles. The first kappa shape index (κ1) is 16.6. The van der Waals surface area contributed by atoms with Gasteiger partial charge in [0.25, 0.3) is 0 Å². The number of hydrogen-bond donors (Lipinski definition) is 2. The molecule has 1 unspecified atom stereocenters. The maximum absolute atomic E-state index is 13.6. The summed E-state index contributed by atoms with van der Waals surface area (Å²) in [5.41, 5.74) is 0.701. The molecular weight excluding hydrogens is 307 g/mol. The second-order valence-corrected chi connectivity index (χ2v) is 5.97. The summed E-state index contributed by atoms with van der Waals surface area (Å²) in [5, 5.41) is 6.55. The van der Waals surface area contributed by atoms with Gasteiger partial charge >= 0.3 is 0 Å². The van der Waals surface area contributed by atoms with Gasteiger partial charge in [0, 0.05) is 25.8 Å². The van der Waals surface area contributed by atoms with E-state index in [-0.39, 0.29) is 11.9 Å². The number of halogens is 1. The number of hydrogen-bond acceptors (Lipinski definition) is 5. The highest BCUT2D eigenvalue weighted by Crippen LogP contribution is 2.15. The first-order chi connectivity index (χ1) is 11.7. The highest BCUT2D eigenvalue weighted by Gasteiger charge is 2.15. The zero-order chi connectivity index (χ0) is 16.8. The smallest absolute Gasteiger partial charge is 0.131 e. The Kier molecular flexibility index (Phi) is 5.59. The molecule has 1 aromatic heterocycles. The second kappa shape index (κ2) is 8.06. The lowest BCUT2D eigenvalue weighted by molar-refractivity contribution is 0.120. The number of ether oxygens (including phenoxy) is 1. The van der Waals surface area contributed by atoms with E-state index in [0.717, 1.165) is 37.6 Å². The maximum atomic E-state index is 13.6. The maximum Gasteiger partial charge on any atom is 0.131 e. The van der Waals surface area contributed by atoms with Crippen molar-refractivity contribution in [2.24, 2.45) is 0 Å². The van der Waals surface area contributed by atoms with Crippen LogP contribution in [0.4, 0.5) is 16.0 Å². The van der Waals surface area contributed by atoms with E-state index in [1.165, 1.54) is 6.07 Å². The van der Waals surface area contributed by atoms with Crippen LogP contribution in [0.5, 0.6) is 0 Å². The summed E-state index contributed by atoms with van der Waals surface area (Å²) in [6.45, 7) is 4.07. The SMILES string of the molecule is Cc1nc(NCCc2ccccc2F)cc(NCC2CCCO2)n1. The van der Waals surface area contributed by atoms with Crippen molar-refractivity contribution in [2.45, 2.75) is 32.3 Å². The van der Waals surface area contributed by atoms with Crippen molar-refractivity contribution in [3.8, 4) is 0 Å². The molecule has 2 aromatic rings. The largest absolute Gasteiger partial charge is 0.376 e. The summed E-state index contributed by atoms with van der Waals surface area (Å²) in [6.07, 6.45) is 3.08. The molecule has 1 aromatic carbocycles. The van der Waals surface area contributed by atoms with Crippen LogP contribution >= 0.6 is 0 Å². The van der Waals surface area contributed by atoms with Gasteiger partial charge in [-0.15, -0.1) is 0 Å². The highest BCUT2D eigenvalue weighted by molar-refractivity contribution is 5.47. The van der Waals surface area contributed by atoms with E-state index in [1.54, 1.807) is 12.1 Å². The summed E-state index contributed by atoms with van der Waals surface area (Å²) in [6, 6.07) is 8.71. The molecule has 128 valence electrons. The van der Waals surface area contributed by atoms with Crippen LogP contribution in [0.15, 0.2) is 30.3 Å². The summed E-state index contributed by atoms with van der Waals surface area (Å²) in [7, 11) is 0. The minimum atomic E-state index is -0.169. The lowest BCUT2D eigenvalue weighted by atomic mass is 10.1. The Balaban J connectivity index is 1.54. The van der Waals surface area contributed by atoms with E-state index in [4.69, 9.17) is 4.74 Å². The van der Waals surface area contributed by atoms with Crippen LogP contribution in [0.1, 0.15) is 24.2 Å². The molecule has 1 aliphatic rings. The van der Waals surface area contributed by atoms with Crippen molar-refractivity contribution in [3.63, 3.8) is 0 Å². The molecule has 5 nitrogen and oxygen atoms in total. The van der Waals surface area contributed by atoms with E-state index in [9.17, 15) is 4.39 Å². The molecule has 3 rings (SSSR count). The molecule has 0 aliphatic carbocycles. The van der Waals surface area contributed by atoms with Crippen LogP contribution in [-0.2, 0) is 11.2 Å². The van der Waals surface area contributed by atoms with Crippen LogP contribution in [0, 0.1) is 12.7 Å². The molecular formula is C18H23FN4O. The molecule has 2 N–H and O–H groups in total. The van der Waals surface area contributed by atoms with Crippen molar-refractivity contribution in [3.05, 3.63) is 47.5 Å². The first-order valence-corrected chi connectivity index (χ1v) is 8.39. The van der Waals surface area contributed by atoms with E-state index in [1.807, 2.05) is 19.1 Å². The van der Waals surface area contributed by atoms with Gasteiger partial charge in [-0.3, -0.25) is 0 Å². The molecule has 0 radical (unpaired) electrons. The Morgan fingerprint density at radius 1 is 1.21 bits per heavy atom. The van der Waals surface area contributed by atoms with E-state index in [2.05, 4.69) is 20.6 Å². The van der Waals surface area contributed by atoms with E-state index >= 15 is 0 Å². The molecule has 6 heteroatoms. The van der Waals surface area contributed by atoms with Crippen LogP contribution in [0.2, 0.25) is 0 Å². The molecule has 0 bridgehead atoms. The minimum Gasteiger partial charge on any atom is -0.376 e. The predicted molar refractivity (Wildman–Crippen MR) is 92.8 cm³/mol. The first-order valence-electron chi connectivity index (χ1n) is 8.39. The van der Waals surface area contributed by atoms with Gasteiger partial charge < -0.3 is 15.4 Å². The summed E-state index contributed by atoms with van der Waals surface area (Å²) >= 11 is 0. The third-order valence-electron chi connectivity index (χ3n) is 4.03. The third kappa shape index (κ3) is 4.64. The average molecular weight is 330 g/mol. The van der Waals surface area contributed by atoms with Crippen LogP contribution in [0.25, 0.3) is 0 Å². The van der Waals surface area contributed by atoms with Gasteiger partial charge in [-0.05, 0) is 37.8 Å². The van der Waals surface area contributed by atoms with Crippen molar-refractivity contribution in [1.82, 2.24) is 9.97 Å². The number of nitrogens with zero attached hydrogens (tertiary/aromatic N) is 2. The molecule has 2 heterocycles. The standard InChI is InChI=1S/C18H23FN4O/c1-13-22-17(20-9-8-14-5-2-3-7-16(14)19)11-18(23-13)21-12-15-6-4-10-24-15/h2-3,5,7,11,15H,4,6,8-10,12H2,1H3,(H2,20,21,22,23). The van der Waals surface area contributed by atoms with Gasteiger partial charge in [0.15, 0.2) is 0 Å². The Morgan fingerprint density at radius 2 is 2.00 bits per heavy atom. The number of aryl methyl sites for hydroxylation is 1. The fourth-order valence-corrected chi connectivity index (χ4v) is 2.80. The van der Waals surface area contributed by atoms with Crippen molar-refractivity contribution < 1.29 is 9.13 Å². The quantitative estimate of drug-likeness (QED) is 0.816. The van der Waals surface area contributed by atoms with E-state index < -0.39 is 0 Å².